The predicted octanol–water partition coefficient (Wildman–Crippen LogP) is 0.0277. The summed E-state index contributed by atoms with van der Waals surface area (Å²) in [6.07, 6.45) is 0. The molecule has 1 aromatic rings. The maximum Gasteiger partial charge on any atom is 0.258 e. The number of amides is 2. The number of anilines is 1. The number of carbonyl (C=O) groups excluding carboxylic acids is 2. The third-order valence-corrected chi connectivity index (χ3v) is 2.32. The van der Waals surface area contributed by atoms with Gasteiger partial charge in [-0.25, -0.2) is 0 Å². The van der Waals surface area contributed by atoms with Gasteiger partial charge in [0.2, 0.25) is 5.91 Å². The number of nitrogens with two attached hydrogens (primary N) is 2. The van der Waals surface area contributed by atoms with E-state index in [2.05, 4.69) is 5.32 Å². The molecule has 0 fully saturated rings. The van der Waals surface area contributed by atoms with Crippen LogP contribution in [0.5, 0.6) is 5.75 Å². The molecule has 0 bridgehead atoms. The molecule has 98 valence electrons. The molecule has 0 spiro atoms. The summed E-state index contributed by atoms with van der Waals surface area (Å²) in [6.45, 7) is 2.85. The highest BCUT2D eigenvalue weighted by molar-refractivity contribution is 5.90. The first kappa shape index (κ1) is 13.8. The zero-order valence-electron chi connectivity index (χ0n) is 10.4. The van der Waals surface area contributed by atoms with Crippen molar-refractivity contribution in [3.63, 3.8) is 0 Å². The van der Waals surface area contributed by atoms with E-state index < -0.39 is 17.4 Å². The third kappa shape index (κ3) is 3.97. The maximum absolute atomic E-state index is 11.5. The number of benzene rings is 1. The van der Waals surface area contributed by atoms with Crippen LogP contribution in [0.4, 0.5) is 5.69 Å². The summed E-state index contributed by atoms with van der Waals surface area (Å²) in [4.78, 5) is 22.6. The van der Waals surface area contributed by atoms with Crippen LogP contribution >= 0.6 is 0 Å². The number of primary amides is 1. The molecule has 0 unspecified atom stereocenters. The van der Waals surface area contributed by atoms with Crippen molar-refractivity contribution in [2.75, 3.05) is 12.3 Å². The highest BCUT2D eigenvalue weighted by Crippen LogP contribution is 2.12. The van der Waals surface area contributed by atoms with Crippen LogP contribution < -0.4 is 21.5 Å². The number of rotatable bonds is 5. The topological polar surface area (TPSA) is 107 Å². The Morgan fingerprint density at radius 1 is 1.28 bits per heavy atom. The molecule has 0 heterocycles. The highest BCUT2D eigenvalue weighted by atomic mass is 16.5. The minimum atomic E-state index is -1.10. The first-order valence-corrected chi connectivity index (χ1v) is 5.40. The van der Waals surface area contributed by atoms with E-state index in [0.29, 0.717) is 11.4 Å². The van der Waals surface area contributed by atoms with Crippen molar-refractivity contribution < 1.29 is 14.3 Å². The van der Waals surface area contributed by atoms with Crippen LogP contribution in [0.15, 0.2) is 24.3 Å². The Bertz CT molecular complexity index is 440. The number of carbonyl (C=O) groups is 2. The van der Waals surface area contributed by atoms with Crippen LogP contribution in [0, 0.1) is 0 Å². The Kier molecular flexibility index (Phi) is 4.14. The summed E-state index contributed by atoms with van der Waals surface area (Å²) in [5.74, 6) is -0.504. The van der Waals surface area contributed by atoms with Gasteiger partial charge in [-0.1, -0.05) is 0 Å². The predicted molar refractivity (Wildman–Crippen MR) is 67.8 cm³/mol. The number of hydrogen-bond donors (Lipinski definition) is 3. The van der Waals surface area contributed by atoms with Gasteiger partial charge in [-0.15, -0.1) is 0 Å². The van der Waals surface area contributed by atoms with Crippen molar-refractivity contribution in [1.29, 1.82) is 0 Å². The monoisotopic (exact) mass is 251 g/mol. The lowest BCUT2D eigenvalue weighted by molar-refractivity contribution is -0.131. The van der Waals surface area contributed by atoms with Gasteiger partial charge < -0.3 is 21.5 Å². The van der Waals surface area contributed by atoms with Crippen LogP contribution in [0.25, 0.3) is 0 Å². The normalized spacial score (nSPS) is 10.8. The molecular formula is C12H17N3O3. The molecule has 0 radical (unpaired) electrons. The van der Waals surface area contributed by atoms with Crippen molar-refractivity contribution in [2.45, 2.75) is 19.4 Å². The molecule has 1 rings (SSSR count). The van der Waals surface area contributed by atoms with Gasteiger partial charge in [-0.2, -0.15) is 0 Å². The van der Waals surface area contributed by atoms with Gasteiger partial charge in [-0.3, -0.25) is 9.59 Å². The summed E-state index contributed by atoms with van der Waals surface area (Å²) < 4.78 is 5.23. The summed E-state index contributed by atoms with van der Waals surface area (Å²) in [5, 5.41) is 2.47. The standard InChI is InChI=1S/C12H17N3O3/c1-12(2,11(14)17)15-10(16)7-18-9-5-3-8(13)4-6-9/h3-6H,7,13H2,1-2H3,(H2,14,17)(H,15,16). The number of ether oxygens (including phenoxy) is 1. The zero-order valence-corrected chi connectivity index (χ0v) is 10.4. The minimum absolute atomic E-state index is 0.194. The van der Waals surface area contributed by atoms with Crippen LogP contribution in [-0.4, -0.2) is 24.0 Å². The van der Waals surface area contributed by atoms with E-state index in [1.54, 1.807) is 24.3 Å². The lowest BCUT2D eigenvalue weighted by Crippen LogP contribution is -2.54. The van der Waals surface area contributed by atoms with Gasteiger partial charge in [0.15, 0.2) is 6.61 Å². The second-order valence-electron chi connectivity index (χ2n) is 4.40. The maximum atomic E-state index is 11.5. The van der Waals surface area contributed by atoms with Gasteiger partial charge in [0.25, 0.3) is 5.91 Å². The number of nitrogen functional groups attached to an aromatic ring is 1. The number of hydrogen-bond acceptors (Lipinski definition) is 4. The first-order chi connectivity index (χ1) is 8.31. The molecule has 0 saturated heterocycles. The first-order valence-electron chi connectivity index (χ1n) is 5.40. The van der Waals surface area contributed by atoms with E-state index in [4.69, 9.17) is 16.2 Å². The zero-order chi connectivity index (χ0) is 13.8. The van der Waals surface area contributed by atoms with Gasteiger partial charge in [0.05, 0.1) is 0 Å². The summed E-state index contributed by atoms with van der Waals surface area (Å²) in [7, 11) is 0. The third-order valence-electron chi connectivity index (χ3n) is 2.32. The van der Waals surface area contributed by atoms with Crippen LogP contribution in [0.2, 0.25) is 0 Å². The molecule has 1 aromatic carbocycles. The van der Waals surface area contributed by atoms with E-state index in [1.165, 1.54) is 13.8 Å². The lowest BCUT2D eigenvalue weighted by Gasteiger charge is -2.22. The Labute approximate surface area is 105 Å². The van der Waals surface area contributed by atoms with Crippen molar-refractivity contribution in [3.05, 3.63) is 24.3 Å². The Morgan fingerprint density at radius 2 is 1.83 bits per heavy atom. The Hall–Kier alpha value is -2.24. The molecule has 0 aliphatic rings. The average Bonchev–Trinajstić information content (AvgIpc) is 2.27. The molecule has 18 heavy (non-hydrogen) atoms. The molecule has 0 aliphatic heterocycles. The van der Waals surface area contributed by atoms with Crippen molar-refractivity contribution >= 4 is 17.5 Å². The highest BCUT2D eigenvalue weighted by Gasteiger charge is 2.26. The van der Waals surface area contributed by atoms with Crippen molar-refractivity contribution in [2.24, 2.45) is 5.73 Å². The van der Waals surface area contributed by atoms with Crippen LogP contribution in [-0.2, 0) is 9.59 Å². The smallest absolute Gasteiger partial charge is 0.258 e. The Morgan fingerprint density at radius 3 is 2.33 bits per heavy atom. The summed E-state index contributed by atoms with van der Waals surface area (Å²) >= 11 is 0. The second-order valence-corrected chi connectivity index (χ2v) is 4.40. The second kappa shape index (κ2) is 5.39. The molecule has 5 N–H and O–H groups in total. The number of nitrogens with one attached hydrogen (secondary N) is 1. The largest absolute Gasteiger partial charge is 0.484 e. The fourth-order valence-electron chi connectivity index (χ4n) is 1.16. The van der Waals surface area contributed by atoms with Gasteiger partial charge >= 0.3 is 0 Å². The van der Waals surface area contributed by atoms with Gasteiger partial charge in [0, 0.05) is 5.69 Å². The SMILES string of the molecule is CC(C)(NC(=O)COc1ccc(N)cc1)C(N)=O. The molecule has 6 heteroatoms. The van der Waals surface area contributed by atoms with E-state index in [9.17, 15) is 9.59 Å². The lowest BCUT2D eigenvalue weighted by atomic mass is 10.1. The fraction of sp³-hybridized carbons (Fsp3) is 0.333. The van der Waals surface area contributed by atoms with E-state index in [0.717, 1.165) is 0 Å². The molecule has 6 nitrogen and oxygen atoms in total. The van der Waals surface area contributed by atoms with Crippen molar-refractivity contribution in [3.8, 4) is 5.75 Å². The van der Waals surface area contributed by atoms with Gasteiger partial charge in [-0.05, 0) is 38.1 Å². The molecule has 2 amide bonds. The summed E-state index contributed by atoms with van der Waals surface area (Å²) in [6, 6.07) is 6.64. The summed E-state index contributed by atoms with van der Waals surface area (Å²) in [5.41, 5.74) is 10.2. The quantitative estimate of drug-likeness (QED) is 0.641. The Balaban J connectivity index is 2.47. The van der Waals surface area contributed by atoms with Crippen molar-refractivity contribution in [1.82, 2.24) is 5.32 Å². The molecular weight excluding hydrogens is 234 g/mol. The van der Waals surface area contributed by atoms with Crippen LogP contribution in [0.3, 0.4) is 0 Å². The van der Waals surface area contributed by atoms with Gasteiger partial charge in [0.1, 0.15) is 11.3 Å². The van der Waals surface area contributed by atoms with E-state index in [1.807, 2.05) is 0 Å². The average molecular weight is 251 g/mol. The van der Waals surface area contributed by atoms with E-state index >= 15 is 0 Å². The molecule has 0 atom stereocenters. The minimum Gasteiger partial charge on any atom is -0.484 e. The van der Waals surface area contributed by atoms with E-state index in [-0.39, 0.29) is 6.61 Å². The van der Waals surface area contributed by atoms with Crippen LogP contribution in [0.1, 0.15) is 13.8 Å². The fourth-order valence-corrected chi connectivity index (χ4v) is 1.16. The molecule has 0 saturated carbocycles. The molecule has 0 aliphatic carbocycles. The molecule has 0 aromatic heterocycles.